The lowest BCUT2D eigenvalue weighted by Crippen LogP contribution is -2.04. The predicted octanol–water partition coefficient (Wildman–Crippen LogP) is 3.01. The first-order chi connectivity index (χ1) is 8.49. The van der Waals surface area contributed by atoms with Crippen molar-refractivity contribution in [3.63, 3.8) is 0 Å². The van der Waals surface area contributed by atoms with E-state index in [1.807, 2.05) is 30.7 Å². The Morgan fingerprint density at radius 3 is 2.39 bits per heavy atom. The van der Waals surface area contributed by atoms with Gasteiger partial charge in [0, 0.05) is 0 Å². The molecule has 94 valence electrons. The van der Waals surface area contributed by atoms with Crippen molar-refractivity contribution in [3.8, 4) is 0 Å². The van der Waals surface area contributed by atoms with E-state index in [1.165, 1.54) is 0 Å². The molecule has 0 atom stereocenters. The molecule has 0 unspecified atom stereocenters. The molecule has 1 N–H and O–H groups in total. The first-order valence-electron chi connectivity index (χ1n) is 5.51. The Kier molecular flexibility index (Phi) is 3.52. The van der Waals surface area contributed by atoms with Crippen LogP contribution in [0.5, 0.6) is 0 Å². The number of carboxylic acid groups (broad SMARTS) is 1. The zero-order valence-corrected chi connectivity index (χ0v) is 11.7. The maximum atomic E-state index is 10.7. The lowest BCUT2D eigenvalue weighted by Gasteiger charge is -2.05. The quantitative estimate of drug-likeness (QED) is 0.948. The monoisotopic (exact) mass is 308 g/mol. The average Bonchev–Trinajstić information content (AvgIpc) is 2.58. The lowest BCUT2D eigenvalue weighted by molar-refractivity contribution is 0.0697. The van der Waals surface area contributed by atoms with Gasteiger partial charge in [-0.05, 0) is 47.5 Å². The summed E-state index contributed by atoms with van der Waals surface area (Å²) in [5, 5.41) is 13.2. The summed E-state index contributed by atoms with van der Waals surface area (Å²) in [4.78, 5) is 10.7. The molecule has 0 bridgehead atoms. The minimum Gasteiger partial charge on any atom is -0.478 e. The Hall–Kier alpha value is -1.62. The maximum Gasteiger partial charge on any atom is 0.335 e. The van der Waals surface area contributed by atoms with Crippen molar-refractivity contribution in [2.75, 3.05) is 0 Å². The second-order valence-electron chi connectivity index (χ2n) is 4.14. The topological polar surface area (TPSA) is 55.1 Å². The fourth-order valence-electron chi connectivity index (χ4n) is 1.75. The van der Waals surface area contributed by atoms with E-state index < -0.39 is 5.97 Å². The first-order valence-corrected chi connectivity index (χ1v) is 6.30. The Labute approximate surface area is 113 Å². The molecule has 0 spiro atoms. The summed E-state index contributed by atoms with van der Waals surface area (Å²) in [6.45, 7) is 4.58. The molecule has 0 aliphatic rings. The van der Waals surface area contributed by atoms with Crippen LogP contribution < -0.4 is 0 Å². The number of nitrogens with zero attached hydrogens (tertiary/aromatic N) is 2. The second-order valence-corrected chi connectivity index (χ2v) is 4.94. The maximum absolute atomic E-state index is 10.7. The molecule has 0 saturated heterocycles. The summed E-state index contributed by atoms with van der Waals surface area (Å²) in [6, 6.07) is 6.85. The van der Waals surface area contributed by atoms with Gasteiger partial charge in [0.05, 0.1) is 28.0 Å². The lowest BCUT2D eigenvalue weighted by atomic mass is 10.1. The van der Waals surface area contributed by atoms with Crippen molar-refractivity contribution in [3.05, 3.63) is 51.3 Å². The van der Waals surface area contributed by atoms with E-state index in [2.05, 4.69) is 21.0 Å². The van der Waals surface area contributed by atoms with Crippen molar-refractivity contribution in [2.45, 2.75) is 20.4 Å². The largest absolute Gasteiger partial charge is 0.478 e. The van der Waals surface area contributed by atoms with Gasteiger partial charge in [-0.1, -0.05) is 12.1 Å². The van der Waals surface area contributed by atoms with Crippen molar-refractivity contribution in [1.82, 2.24) is 9.78 Å². The number of hydrogen-bond donors (Lipinski definition) is 1. The number of hydrogen-bond acceptors (Lipinski definition) is 2. The van der Waals surface area contributed by atoms with E-state index in [-0.39, 0.29) is 0 Å². The summed E-state index contributed by atoms with van der Waals surface area (Å²) in [5.41, 5.74) is 3.34. The number of benzene rings is 1. The normalized spacial score (nSPS) is 10.6. The van der Waals surface area contributed by atoms with Gasteiger partial charge < -0.3 is 5.11 Å². The van der Waals surface area contributed by atoms with Crippen LogP contribution in [0.3, 0.4) is 0 Å². The van der Waals surface area contributed by atoms with Gasteiger partial charge in [-0.2, -0.15) is 5.10 Å². The summed E-state index contributed by atoms with van der Waals surface area (Å²) in [7, 11) is 0. The van der Waals surface area contributed by atoms with Crippen molar-refractivity contribution in [1.29, 1.82) is 0 Å². The van der Waals surface area contributed by atoms with Crippen molar-refractivity contribution < 1.29 is 9.90 Å². The van der Waals surface area contributed by atoms with Crippen LogP contribution in [-0.2, 0) is 6.54 Å². The van der Waals surface area contributed by atoms with Crippen molar-refractivity contribution >= 4 is 21.9 Å². The van der Waals surface area contributed by atoms with E-state index in [0.717, 1.165) is 21.4 Å². The highest BCUT2D eigenvalue weighted by atomic mass is 79.9. The molecular weight excluding hydrogens is 296 g/mol. The van der Waals surface area contributed by atoms with Crippen LogP contribution in [0.2, 0.25) is 0 Å². The minimum atomic E-state index is -0.907. The highest BCUT2D eigenvalue weighted by Gasteiger charge is 2.09. The molecule has 0 saturated carbocycles. The first kappa shape index (κ1) is 12.8. The van der Waals surface area contributed by atoms with Gasteiger partial charge in [-0.3, -0.25) is 4.68 Å². The average molecular weight is 309 g/mol. The van der Waals surface area contributed by atoms with Gasteiger partial charge in [-0.25, -0.2) is 4.79 Å². The van der Waals surface area contributed by atoms with Crippen LogP contribution >= 0.6 is 15.9 Å². The van der Waals surface area contributed by atoms with Crippen LogP contribution in [0.4, 0.5) is 0 Å². The van der Waals surface area contributed by atoms with E-state index >= 15 is 0 Å². The number of halogens is 1. The molecule has 0 amide bonds. The third kappa shape index (κ3) is 2.46. The molecule has 2 rings (SSSR count). The van der Waals surface area contributed by atoms with Crippen molar-refractivity contribution in [2.24, 2.45) is 0 Å². The fourth-order valence-corrected chi connectivity index (χ4v) is 2.04. The van der Waals surface area contributed by atoms with Gasteiger partial charge >= 0.3 is 5.97 Å². The van der Waals surface area contributed by atoms with E-state index in [4.69, 9.17) is 5.11 Å². The van der Waals surface area contributed by atoms with Crippen LogP contribution in [0.25, 0.3) is 0 Å². The van der Waals surface area contributed by atoms with E-state index in [9.17, 15) is 4.79 Å². The van der Waals surface area contributed by atoms with Crippen LogP contribution in [0.15, 0.2) is 28.7 Å². The zero-order chi connectivity index (χ0) is 13.3. The molecule has 18 heavy (non-hydrogen) atoms. The highest BCUT2D eigenvalue weighted by Crippen LogP contribution is 2.20. The SMILES string of the molecule is Cc1nn(Cc2ccc(C(=O)O)cc2)c(C)c1Br. The van der Waals surface area contributed by atoms with Crippen LogP contribution in [0, 0.1) is 13.8 Å². The number of aromatic nitrogens is 2. The fraction of sp³-hybridized carbons (Fsp3) is 0.231. The molecule has 5 heteroatoms. The summed E-state index contributed by atoms with van der Waals surface area (Å²) in [5.74, 6) is -0.907. The Morgan fingerprint density at radius 1 is 1.33 bits per heavy atom. The molecule has 0 aliphatic carbocycles. The van der Waals surface area contributed by atoms with Gasteiger partial charge in [0.15, 0.2) is 0 Å². The number of carbonyl (C=O) groups is 1. The number of carboxylic acids is 1. The Bertz CT molecular complexity index is 588. The summed E-state index contributed by atoms with van der Waals surface area (Å²) >= 11 is 3.48. The zero-order valence-electron chi connectivity index (χ0n) is 10.1. The second kappa shape index (κ2) is 4.94. The third-order valence-corrected chi connectivity index (χ3v) is 3.97. The smallest absolute Gasteiger partial charge is 0.335 e. The molecular formula is C13H13BrN2O2. The molecule has 0 fully saturated rings. The van der Waals surface area contributed by atoms with E-state index in [0.29, 0.717) is 12.1 Å². The predicted molar refractivity (Wildman–Crippen MR) is 71.9 cm³/mol. The molecule has 1 heterocycles. The number of rotatable bonds is 3. The van der Waals surface area contributed by atoms with Crippen LogP contribution in [-0.4, -0.2) is 20.9 Å². The van der Waals surface area contributed by atoms with E-state index in [1.54, 1.807) is 12.1 Å². The Morgan fingerprint density at radius 2 is 1.94 bits per heavy atom. The van der Waals surface area contributed by atoms with Gasteiger partial charge in [-0.15, -0.1) is 0 Å². The van der Waals surface area contributed by atoms with Gasteiger partial charge in [0.25, 0.3) is 0 Å². The molecule has 0 radical (unpaired) electrons. The highest BCUT2D eigenvalue weighted by molar-refractivity contribution is 9.10. The van der Waals surface area contributed by atoms with Gasteiger partial charge in [0.2, 0.25) is 0 Å². The third-order valence-electron chi connectivity index (χ3n) is 2.83. The number of aryl methyl sites for hydroxylation is 1. The van der Waals surface area contributed by atoms with Gasteiger partial charge in [0.1, 0.15) is 0 Å². The summed E-state index contributed by atoms with van der Waals surface area (Å²) in [6.07, 6.45) is 0. The standard InChI is InChI=1S/C13H13BrN2O2/c1-8-12(14)9(2)16(15-8)7-10-3-5-11(6-4-10)13(17)18/h3-6H,7H2,1-2H3,(H,17,18). The Balaban J connectivity index is 2.23. The molecule has 1 aromatic carbocycles. The van der Waals surface area contributed by atoms with Crippen LogP contribution in [0.1, 0.15) is 27.3 Å². The number of aromatic carboxylic acids is 1. The molecule has 1 aromatic heterocycles. The molecule has 4 nitrogen and oxygen atoms in total. The summed E-state index contributed by atoms with van der Waals surface area (Å²) < 4.78 is 2.92. The minimum absolute atomic E-state index is 0.299. The molecule has 2 aromatic rings. The molecule has 0 aliphatic heterocycles.